The maximum Gasteiger partial charge on any atom is 0.264 e. The Balaban J connectivity index is 2.83. The summed E-state index contributed by atoms with van der Waals surface area (Å²) >= 11 is 0. The van der Waals surface area contributed by atoms with E-state index >= 15 is 0 Å². The van der Waals surface area contributed by atoms with Gasteiger partial charge in [-0.1, -0.05) is 12.1 Å². The van der Waals surface area contributed by atoms with E-state index in [4.69, 9.17) is 5.73 Å². The molecule has 1 rings (SSSR count). The first-order valence-corrected chi connectivity index (χ1v) is 4.72. The Morgan fingerprint density at radius 3 is 2.64 bits per heavy atom. The maximum atomic E-state index is 12.5. The predicted octanol–water partition coefficient (Wildman–Crippen LogP) is 2.82. The van der Waals surface area contributed by atoms with E-state index in [1.54, 1.807) is 19.1 Å². The third-order valence-electron chi connectivity index (χ3n) is 2.25. The highest BCUT2D eigenvalue weighted by molar-refractivity contribution is 5.32. The summed E-state index contributed by atoms with van der Waals surface area (Å²) in [5.41, 5.74) is 7.09. The molecule has 1 aromatic carbocycles. The first-order valence-electron chi connectivity index (χ1n) is 4.72. The molecule has 0 aliphatic rings. The average molecular weight is 199 g/mol. The van der Waals surface area contributed by atoms with Crippen molar-refractivity contribution in [3.05, 3.63) is 34.9 Å². The highest BCUT2D eigenvalue weighted by atomic mass is 19.3. The molecule has 0 bridgehead atoms. The van der Waals surface area contributed by atoms with Gasteiger partial charge in [0.05, 0.1) is 0 Å². The van der Waals surface area contributed by atoms with Crippen LogP contribution in [0.3, 0.4) is 0 Å². The Hall–Kier alpha value is -0.960. The van der Waals surface area contributed by atoms with Crippen LogP contribution in [0.15, 0.2) is 18.2 Å². The van der Waals surface area contributed by atoms with Crippen molar-refractivity contribution in [2.45, 2.75) is 26.2 Å². The molecular formula is C11H15F2N. The summed E-state index contributed by atoms with van der Waals surface area (Å²) in [5, 5.41) is 0. The van der Waals surface area contributed by atoms with Crippen LogP contribution in [-0.4, -0.2) is 6.54 Å². The minimum absolute atomic E-state index is 0.138. The minimum atomic E-state index is -2.38. The van der Waals surface area contributed by atoms with Crippen molar-refractivity contribution in [3.63, 3.8) is 0 Å². The molecule has 0 fully saturated rings. The van der Waals surface area contributed by atoms with E-state index in [1.807, 2.05) is 6.07 Å². The molecule has 0 radical (unpaired) electrons. The van der Waals surface area contributed by atoms with Gasteiger partial charge in [0, 0.05) is 5.56 Å². The number of rotatable bonds is 4. The number of alkyl halides is 2. The first-order chi connectivity index (χ1) is 6.65. The van der Waals surface area contributed by atoms with Gasteiger partial charge in [-0.05, 0) is 43.5 Å². The highest BCUT2D eigenvalue weighted by Gasteiger charge is 2.10. The zero-order valence-corrected chi connectivity index (χ0v) is 8.26. The molecule has 2 N–H and O–H groups in total. The van der Waals surface area contributed by atoms with Crippen LogP contribution in [0.4, 0.5) is 8.78 Å². The zero-order chi connectivity index (χ0) is 10.6. The van der Waals surface area contributed by atoms with Crippen molar-refractivity contribution >= 4 is 0 Å². The van der Waals surface area contributed by atoms with E-state index in [2.05, 4.69) is 0 Å². The lowest BCUT2D eigenvalue weighted by molar-refractivity contribution is 0.150. The molecule has 0 heterocycles. The van der Waals surface area contributed by atoms with Crippen LogP contribution < -0.4 is 5.73 Å². The lowest BCUT2D eigenvalue weighted by Gasteiger charge is -2.07. The second-order valence-electron chi connectivity index (χ2n) is 3.38. The van der Waals surface area contributed by atoms with Gasteiger partial charge in [0.25, 0.3) is 6.43 Å². The highest BCUT2D eigenvalue weighted by Crippen LogP contribution is 2.23. The van der Waals surface area contributed by atoms with Crippen LogP contribution in [-0.2, 0) is 6.42 Å². The quantitative estimate of drug-likeness (QED) is 0.792. The van der Waals surface area contributed by atoms with Gasteiger partial charge in [-0.25, -0.2) is 8.78 Å². The first kappa shape index (κ1) is 11.1. The molecule has 0 aromatic heterocycles. The number of halogens is 2. The number of hydrogen-bond donors (Lipinski definition) is 1. The summed E-state index contributed by atoms with van der Waals surface area (Å²) in [5.74, 6) is 0. The molecule has 0 saturated heterocycles. The number of benzene rings is 1. The Kier molecular flexibility index (Phi) is 4.01. The summed E-state index contributed by atoms with van der Waals surface area (Å²) < 4.78 is 25.0. The van der Waals surface area contributed by atoms with Gasteiger partial charge < -0.3 is 5.73 Å². The van der Waals surface area contributed by atoms with E-state index in [0.29, 0.717) is 12.1 Å². The summed E-state index contributed by atoms with van der Waals surface area (Å²) in [6.45, 7) is 2.30. The van der Waals surface area contributed by atoms with Crippen LogP contribution in [0.1, 0.15) is 29.5 Å². The normalized spacial score (nSPS) is 10.9. The molecule has 0 saturated carbocycles. The van der Waals surface area contributed by atoms with Crippen LogP contribution in [0.25, 0.3) is 0 Å². The van der Waals surface area contributed by atoms with Crippen molar-refractivity contribution < 1.29 is 8.78 Å². The monoisotopic (exact) mass is 199 g/mol. The lowest BCUT2D eigenvalue weighted by Crippen LogP contribution is -2.01. The second-order valence-corrected chi connectivity index (χ2v) is 3.38. The molecule has 0 aliphatic carbocycles. The topological polar surface area (TPSA) is 26.0 Å². The lowest BCUT2D eigenvalue weighted by atomic mass is 10.0. The van der Waals surface area contributed by atoms with Gasteiger partial charge in [-0.15, -0.1) is 0 Å². The van der Waals surface area contributed by atoms with Gasteiger partial charge in [-0.3, -0.25) is 0 Å². The fourth-order valence-electron chi connectivity index (χ4n) is 1.39. The number of hydrogen-bond acceptors (Lipinski definition) is 1. The summed E-state index contributed by atoms with van der Waals surface area (Å²) in [7, 11) is 0. The molecule has 3 heteroatoms. The van der Waals surface area contributed by atoms with Crippen molar-refractivity contribution in [3.8, 4) is 0 Å². The van der Waals surface area contributed by atoms with Gasteiger partial charge >= 0.3 is 0 Å². The number of aryl methyl sites for hydroxylation is 2. The maximum absolute atomic E-state index is 12.5. The van der Waals surface area contributed by atoms with Crippen LogP contribution in [0, 0.1) is 6.92 Å². The molecule has 78 valence electrons. The van der Waals surface area contributed by atoms with Crippen LogP contribution in [0.5, 0.6) is 0 Å². The van der Waals surface area contributed by atoms with Gasteiger partial charge in [-0.2, -0.15) is 0 Å². The van der Waals surface area contributed by atoms with Crippen molar-refractivity contribution in [1.82, 2.24) is 0 Å². The van der Waals surface area contributed by atoms with E-state index in [1.165, 1.54) is 0 Å². The van der Waals surface area contributed by atoms with Gasteiger partial charge in [0.15, 0.2) is 0 Å². The van der Waals surface area contributed by atoms with Gasteiger partial charge in [0.1, 0.15) is 0 Å². The van der Waals surface area contributed by atoms with E-state index < -0.39 is 6.43 Å². The SMILES string of the molecule is Cc1ccc(CCCN)cc1C(F)F. The average Bonchev–Trinajstić information content (AvgIpc) is 2.16. The van der Waals surface area contributed by atoms with Crippen LogP contribution in [0.2, 0.25) is 0 Å². The van der Waals surface area contributed by atoms with Crippen LogP contribution >= 0.6 is 0 Å². The molecule has 0 amide bonds. The van der Waals surface area contributed by atoms with Crippen molar-refractivity contribution in [1.29, 1.82) is 0 Å². The Bertz CT molecular complexity index is 297. The molecule has 0 spiro atoms. The summed E-state index contributed by atoms with van der Waals surface area (Å²) in [4.78, 5) is 0. The molecule has 0 unspecified atom stereocenters. The van der Waals surface area contributed by atoms with E-state index in [9.17, 15) is 8.78 Å². The third-order valence-corrected chi connectivity index (χ3v) is 2.25. The minimum Gasteiger partial charge on any atom is -0.330 e. The third kappa shape index (κ3) is 2.77. The molecule has 0 atom stereocenters. The van der Waals surface area contributed by atoms with Crippen molar-refractivity contribution in [2.24, 2.45) is 5.73 Å². The summed E-state index contributed by atoms with van der Waals surface area (Å²) in [6.07, 6.45) is -0.768. The predicted molar refractivity (Wildman–Crippen MR) is 53.5 cm³/mol. The Morgan fingerprint density at radius 2 is 2.07 bits per heavy atom. The standard InChI is InChI=1S/C11H15F2N/c1-8-4-5-9(3-2-6-14)7-10(8)11(12)13/h4-5,7,11H,2-3,6,14H2,1H3. The Labute approximate surface area is 82.9 Å². The molecule has 14 heavy (non-hydrogen) atoms. The molecule has 1 nitrogen and oxygen atoms in total. The van der Waals surface area contributed by atoms with E-state index in [0.717, 1.165) is 18.4 Å². The number of nitrogens with two attached hydrogens (primary N) is 1. The smallest absolute Gasteiger partial charge is 0.264 e. The fourth-order valence-corrected chi connectivity index (χ4v) is 1.39. The van der Waals surface area contributed by atoms with Crippen molar-refractivity contribution in [2.75, 3.05) is 6.54 Å². The van der Waals surface area contributed by atoms with Gasteiger partial charge in [0.2, 0.25) is 0 Å². The second kappa shape index (κ2) is 5.05. The fraction of sp³-hybridized carbons (Fsp3) is 0.455. The molecule has 1 aromatic rings. The molecule has 0 aliphatic heterocycles. The zero-order valence-electron chi connectivity index (χ0n) is 8.26. The largest absolute Gasteiger partial charge is 0.330 e. The molecular weight excluding hydrogens is 184 g/mol. The Morgan fingerprint density at radius 1 is 1.36 bits per heavy atom. The van der Waals surface area contributed by atoms with E-state index in [-0.39, 0.29) is 5.56 Å². The summed E-state index contributed by atoms with van der Waals surface area (Å²) in [6, 6.07) is 5.21.